The van der Waals surface area contributed by atoms with E-state index in [9.17, 15) is 0 Å². The number of anilines is 1. The predicted octanol–water partition coefficient (Wildman–Crippen LogP) is 4.84. The Bertz CT molecular complexity index is 465. The number of ether oxygens (including phenoxy) is 2. The van der Waals surface area contributed by atoms with E-state index in [1.807, 2.05) is 12.1 Å². The van der Waals surface area contributed by atoms with Crippen LogP contribution in [0.3, 0.4) is 0 Å². The number of hydrogen-bond donors (Lipinski definition) is 1. The number of methoxy groups -OCH3 is 1. The van der Waals surface area contributed by atoms with Gasteiger partial charge in [-0.2, -0.15) is 0 Å². The van der Waals surface area contributed by atoms with E-state index in [4.69, 9.17) is 9.47 Å². The highest BCUT2D eigenvalue weighted by Crippen LogP contribution is 2.35. The van der Waals surface area contributed by atoms with E-state index in [1.165, 1.54) is 0 Å². The van der Waals surface area contributed by atoms with Crippen molar-refractivity contribution in [2.24, 2.45) is 5.92 Å². The fourth-order valence-corrected chi connectivity index (χ4v) is 3.71. The van der Waals surface area contributed by atoms with Crippen LogP contribution in [0.2, 0.25) is 0 Å². The Morgan fingerprint density at radius 1 is 1.30 bits per heavy atom. The molecule has 0 spiro atoms. The van der Waals surface area contributed by atoms with Gasteiger partial charge in [0.05, 0.1) is 23.4 Å². The lowest BCUT2D eigenvalue weighted by molar-refractivity contribution is -0.0160. The molecule has 0 bridgehead atoms. The molecule has 1 aliphatic heterocycles. The van der Waals surface area contributed by atoms with Crippen molar-refractivity contribution in [3.05, 3.63) is 21.1 Å². The Morgan fingerprint density at radius 3 is 2.70 bits per heavy atom. The highest BCUT2D eigenvalue weighted by molar-refractivity contribution is 9.11. The summed E-state index contributed by atoms with van der Waals surface area (Å²) in [6, 6.07) is 4.48. The zero-order chi connectivity index (χ0) is 14.7. The maximum Gasteiger partial charge on any atom is 0.135 e. The highest BCUT2D eigenvalue weighted by Gasteiger charge is 2.25. The van der Waals surface area contributed by atoms with E-state index < -0.39 is 0 Å². The van der Waals surface area contributed by atoms with E-state index >= 15 is 0 Å². The number of hydrogen-bond acceptors (Lipinski definition) is 3. The van der Waals surface area contributed by atoms with Crippen LogP contribution >= 0.6 is 31.9 Å². The summed E-state index contributed by atoms with van der Waals surface area (Å²) >= 11 is 7.09. The molecule has 0 saturated carbocycles. The third kappa shape index (κ3) is 3.89. The second-order valence-corrected chi connectivity index (χ2v) is 7.19. The lowest BCUT2D eigenvalue weighted by atomic mass is 9.95. The molecule has 0 amide bonds. The van der Waals surface area contributed by atoms with E-state index in [2.05, 4.69) is 51.0 Å². The van der Waals surface area contributed by atoms with Gasteiger partial charge in [0.2, 0.25) is 0 Å². The van der Waals surface area contributed by atoms with Gasteiger partial charge >= 0.3 is 0 Å². The number of rotatable bonds is 4. The van der Waals surface area contributed by atoms with Crippen molar-refractivity contribution in [2.45, 2.75) is 38.8 Å². The normalized spacial score (nSPS) is 22.9. The van der Waals surface area contributed by atoms with Crippen LogP contribution in [0.4, 0.5) is 5.69 Å². The fraction of sp³-hybridized carbons (Fsp3) is 0.600. The highest BCUT2D eigenvalue weighted by atomic mass is 79.9. The Kier molecular flexibility index (Phi) is 5.75. The lowest BCUT2D eigenvalue weighted by Gasteiger charge is -2.33. The van der Waals surface area contributed by atoms with Crippen molar-refractivity contribution in [1.29, 1.82) is 0 Å². The van der Waals surface area contributed by atoms with Crippen molar-refractivity contribution in [3.8, 4) is 5.75 Å². The first-order valence-corrected chi connectivity index (χ1v) is 8.51. The van der Waals surface area contributed by atoms with Crippen molar-refractivity contribution in [3.63, 3.8) is 0 Å². The molecule has 1 aromatic rings. The molecular formula is C15H21Br2NO2. The van der Waals surface area contributed by atoms with Crippen LogP contribution in [-0.4, -0.2) is 25.9 Å². The van der Waals surface area contributed by atoms with Gasteiger partial charge in [0, 0.05) is 23.2 Å². The molecule has 112 valence electrons. The predicted molar refractivity (Wildman–Crippen MR) is 89.6 cm³/mol. The van der Waals surface area contributed by atoms with Gasteiger partial charge in [-0.25, -0.2) is 0 Å². The van der Waals surface area contributed by atoms with Crippen LogP contribution in [0.1, 0.15) is 26.7 Å². The molecular weight excluding hydrogens is 386 g/mol. The molecule has 2 atom stereocenters. The Labute approximate surface area is 137 Å². The third-order valence-electron chi connectivity index (χ3n) is 3.66. The summed E-state index contributed by atoms with van der Waals surface area (Å²) in [5.41, 5.74) is 1.07. The topological polar surface area (TPSA) is 30.5 Å². The summed E-state index contributed by atoms with van der Waals surface area (Å²) in [5, 5.41) is 3.61. The molecule has 2 unspecified atom stereocenters. The SMILES string of the molecule is COc1cc(NC2CCOC(C(C)C)C2)c(Br)cc1Br. The summed E-state index contributed by atoms with van der Waals surface area (Å²) in [4.78, 5) is 0. The van der Waals surface area contributed by atoms with Gasteiger partial charge in [-0.3, -0.25) is 0 Å². The van der Waals surface area contributed by atoms with Gasteiger partial charge in [-0.05, 0) is 56.7 Å². The van der Waals surface area contributed by atoms with Crippen molar-refractivity contribution < 1.29 is 9.47 Å². The summed E-state index contributed by atoms with van der Waals surface area (Å²) in [5.74, 6) is 1.39. The molecule has 1 N–H and O–H groups in total. The van der Waals surface area contributed by atoms with E-state index in [0.29, 0.717) is 18.1 Å². The summed E-state index contributed by atoms with van der Waals surface area (Å²) in [6.45, 7) is 5.25. The molecule has 1 aromatic carbocycles. The van der Waals surface area contributed by atoms with Crippen molar-refractivity contribution >= 4 is 37.5 Å². The van der Waals surface area contributed by atoms with Crippen LogP contribution in [0.15, 0.2) is 21.1 Å². The van der Waals surface area contributed by atoms with Crippen LogP contribution < -0.4 is 10.1 Å². The average Bonchev–Trinajstić information content (AvgIpc) is 2.42. The van der Waals surface area contributed by atoms with Crippen LogP contribution in [0.25, 0.3) is 0 Å². The van der Waals surface area contributed by atoms with Crippen LogP contribution in [0, 0.1) is 5.92 Å². The van der Waals surface area contributed by atoms with Crippen LogP contribution in [0.5, 0.6) is 5.75 Å². The van der Waals surface area contributed by atoms with Gasteiger partial charge in [-0.15, -0.1) is 0 Å². The summed E-state index contributed by atoms with van der Waals surface area (Å²) in [6.07, 6.45) is 2.42. The number of halogens is 2. The molecule has 1 fully saturated rings. The van der Waals surface area contributed by atoms with Crippen molar-refractivity contribution in [1.82, 2.24) is 0 Å². The molecule has 1 aliphatic rings. The Morgan fingerprint density at radius 2 is 2.05 bits per heavy atom. The first-order valence-electron chi connectivity index (χ1n) is 6.92. The standard InChI is InChI=1S/C15H21Br2NO2/c1-9(2)14-6-10(4-5-20-14)18-13-8-15(19-3)12(17)7-11(13)16/h7-10,14,18H,4-6H2,1-3H3. The monoisotopic (exact) mass is 405 g/mol. The van der Waals surface area contributed by atoms with E-state index in [0.717, 1.165) is 39.8 Å². The van der Waals surface area contributed by atoms with Crippen LogP contribution in [-0.2, 0) is 4.74 Å². The molecule has 2 rings (SSSR count). The minimum Gasteiger partial charge on any atom is -0.495 e. The molecule has 0 aliphatic carbocycles. The quantitative estimate of drug-likeness (QED) is 0.776. The number of nitrogens with one attached hydrogen (secondary N) is 1. The summed E-state index contributed by atoms with van der Waals surface area (Å²) < 4.78 is 13.2. The zero-order valence-corrected chi connectivity index (χ0v) is 15.3. The fourth-order valence-electron chi connectivity index (χ4n) is 2.44. The van der Waals surface area contributed by atoms with Gasteiger partial charge in [0.15, 0.2) is 0 Å². The van der Waals surface area contributed by atoms with Gasteiger partial charge in [-0.1, -0.05) is 13.8 Å². The van der Waals surface area contributed by atoms with Gasteiger partial charge in [0.25, 0.3) is 0 Å². The first kappa shape index (κ1) is 16.1. The molecule has 0 aromatic heterocycles. The third-order valence-corrected chi connectivity index (χ3v) is 4.94. The first-order chi connectivity index (χ1) is 9.51. The maximum atomic E-state index is 5.82. The lowest BCUT2D eigenvalue weighted by Crippen LogP contribution is -2.36. The van der Waals surface area contributed by atoms with Gasteiger partial charge in [0.1, 0.15) is 5.75 Å². The van der Waals surface area contributed by atoms with Gasteiger partial charge < -0.3 is 14.8 Å². The largest absolute Gasteiger partial charge is 0.495 e. The van der Waals surface area contributed by atoms with E-state index in [-0.39, 0.29) is 0 Å². The Balaban J connectivity index is 2.09. The summed E-state index contributed by atoms with van der Waals surface area (Å²) in [7, 11) is 1.68. The molecule has 1 saturated heterocycles. The molecule has 0 radical (unpaired) electrons. The zero-order valence-electron chi connectivity index (χ0n) is 12.1. The second-order valence-electron chi connectivity index (χ2n) is 5.49. The second kappa shape index (κ2) is 7.14. The minimum absolute atomic E-state index is 0.345. The number of benzene rings is 1. The molecule has 5 heteroatoms. The average molecular weight is 407 g/mol. The maximum absolute atomic E-state index is 5.82. The molecule has 20 heavy (non-hydrogen) atoms. The molecule has 3 nitrogen and oxygen atoms in total. The van der Waals surface area contributed by atoms with Crippen molar-refractivity contribution in [2.75, 3.05) is 19.0 Å². The Hall–Kier alpha value is -0.260. The minimum atomic E-state index is 0.345. The smallest absolute Gasteiger partial charge is 0.135 e. The molecule has 1 heterocycles. The van der Waals surface area contributed by atoms with E-state index in [1.54, 1.807) is 7.11 Å².